The third-order valence-corrected chi connectivity index (χ3v) is 2.92. The number of hydrogen-bond acceptors (Lipinski definition) is 2. The zero-order chi connectivity index (χ0) is 13.1. The van der Waals surface area contributed by atoms with Gasteiger partial charge in [-0.15, -0.1) is 0 Å². The van der Waals surface area contributed by atoms with Crippen LogP contribution < -0.4 is 5.56 Å². The molecular weight excluding hydrogens is 236 g/mol. The number of nitrogens with one attached hydrogen (secondary N) is 1. The number of rotatable bonds is 2. The van der Waals surface area contributed by atoms with E-state index in [0.29, 0.717) is 0 Å². The van der Waals surface area contributed by atoms with Crippen molar-refractivity contribution in [2.75, 3.05) is 0 Å². The molecule has 0 aliphatic rings. The van der Waals surface area contributed by atoms with E-state index in [1.807, 2.05) is 54.6 Å². The SMILES string of the molecule is O=c1ccc(-c2ccccc2)c(-c2ccccn2)[nH]1. The van der Waals surface area contributed by atoms with Crippen molar-refractivity contribution in [3.63, 3.8) is 0 Å². The van der Waals surface area contributed by atoms with Gasteiger partial charge >= 0.3 is 0 Å². The highest BCUT2D eigenvalue weighted by atomic mass is 16.1. The van der Waals surface area contributed by atoms with E-state index in [1.54, 1.807) is 6.20 Å². The second-order valence-electron chi connectivity index (χ2n) is 4.19. The van der Waals surface area contributed by atoms with Gasteiger partial charge in [0.25, 0.3) is 0 Å². The quantitative estimate of drug-likeness (QED) is 0.757. The van der Waals surface area contributed by atoms with Crippen LogP contribution in [0.4, 0.5) is 0 Å². The Morgan fingerprint density at radius 1 is 0.842 bits per heavy atom. The number of H-pyrrole nitrogens is 1. The van der Waals surface area contributed by atoms with Gasteiger partial charge in [0.05, 0.1) is 11.4 Å². The van der Waals surface area contributed by atoms with E-state index >= 15 is 0 Å². The van der Waals surface area contributed by atoms with E-state index in [4.69, 9.17) is 0 Å². The Morgan fingerprint density at radius 2 is 1.63 bits per heavy atom. The van der Waals surface area contributed by atoms with E-state index in [-0.39, 0.29) is 5.56 Å². The molecule has 0 fully saturated rings. The molecule has 19 heavy (non-hydrogen) atoms. The molecule has 0 saturated heterocycles. The van der Waals surface area contributed by atoms with E-state index in [9.17, 15) is 4.79 Å². The number of aromatic amines is 1. The lowest BCUT2D eigenvalue weighted by atomic mass is 10.0. The number of pyridine rings is 2. The molecule has 3 aromatic rings. The van der Waals surface area contributed by atoms with Gasteiger partial charge in [-0.3, -0.25) is 9.78 Å². The predicted molar refractivity (Wildman–Crippen MR) is 75.7 cm³/mol. The minimum atomic E-state index is -0.125. The fraction of sp³-hybridized carbons (Fsp3) is 0. The number of nitrogens with zero attached hydrogens (tertiary/aromatic N) is 1. The highest BCUT2D eigenvalue weighted by Crippen LogP contribution is 2.27. The minimum absolute atomic E-state index is 0.125. The number of aromatic nitrogens is 2. The van der Waals surface area contributed by atoms with Crippen molar-refractivity contribution in [1.29, 1.82) is 0 Å². The fourth-order valence-electron chi connectivity index (χ4n) is 2.05. The van der Waals surface area contributed by atoms with Crippen LogP contribution in [0.15, 0.2) is 71.7 Å². The maximum absolute atomic E-state index is 11.6. The highest BCUT2D eigenvalue weighted by Gasteiger charge is 2.08. The van der Waals surface area contributed by atoms with Gasteiger partial charge in [-0.05, 0) is 23.8 Å². The molecular formula is C16H12N2O. The molecule has 3 rings (SSSR count). The van der Waals surface area contributed by atoms with Crippen molar-refractivity contribution in [2.45, 2.75) is 0 Å². The molecule has 0 atom stereocenters. The van der Waals surface area contributed by atoms with Gasteiger partial charge in [0.1, 0.15) is 0 Å². The molecule has 2 heterocycles. The summed E-state index contributed by atoms with van der Waals surface area (Å²) >= 11 is 0. The monoisotopic (exact) mass is 248 g/mol. The molecule has 2 aromatic heterocycles. The first-order valence-corrected chi connectivity index (χ1v) is 6.05. The number of benzene rings is 1. The van der Waals surface area contributed by atoms with E-state index in [2.05, 4.69) is 9.97 Å². The van der Waals surface area contributed by atoms with Gasteiger partial charge in [-0.25, -0.2) is 0 Å². The largest absolute Gasteiger partial charge is 0.320 e. The van der Waals surface area contributed by atoms with Gasteiger partial charge in [0.15, 0.2) is 0 Å². The molecule has 0 aliphatic carbocycles. The Morgan fingerprint density at radius 3 is 2.37 bits per heavy atom. The van der Waals surface area contributed by atoms with E-state index < -0.39 is 0 Å². The molecule has 0 spiro atoms. The van der Waals surface area contributed by atoms with E-state index in [1.165, 1.54) is 6.07 Å². The molecule has 3 nitrogen and oxygen atoms in total. The van der Waals surface area contributed by atoms with Crippen molar-refractivity contribution < 1.29 is 0 Å². The molecule has 0 radical (unpaired) electrons. The molecule has 0 unspecified atom stereocenters. The Labute approximate surface area is 110 Å². The van der Waals surface area contributed by atoms with Crippen LogP contribution in [0.3, 0.4) is 0 Å². The zero-order valence-electron chi connectivity index (χ0n) is 10.2. The van der Waals surface area contributed by atoms with Crippen LogP contribution in [0, 0.1) is 0 Å². The Kier molecular flexibility index (Phi) is 2.94. The maximum atomic E-state index is 11.6. The van der Waals surface area contributed by atoms with Crippen LogP contribution in [0.25, 0.3) is 22.5 Å². The summed E-state index contributed by atoms with van der Waals surface area (Å²) in [5, 5.41) is 0. The van der Waals surface area contributed by atoms with Crippen LogP contribution in [-0.2, 0) is 0 Å². The first-order chi connectivity index (χ1) is 9.34. The van der Waals surface area contributed by atoms with Gasteiger partial charge in [0, 0.05) is 17.8 Å². The van der Waals surface area contributed by atoms with Crippen LogP contribution >= 0.6 is 0 Å². The highest BCUT2D eigenvalue weighted by molar-refractivity contribution is 5.78. The maximum Gasteiger partial charge on any atom is 0.248 e. The average Bonchev–Trinajstić information content (AvgIpc) is 2.49. The molecule has 1 aromatic carbocycles. The zero-order valence-corrected chi connectivity index (χ0v) is 10.2. The predicted octanol–water partition coefficient (Wildman–Crippen LogP) is 3.10. The van der Waals surface area contributed by atoms with Crippen molar-refractivity contribution in [3.8, 4) is 22.5 Å². The van der Waals surface area contributed by atoms with E-state index in [0.717, 1.165) is 22.5 Å². The summed E-state index contributed by atoms with van der Waals surface area (Å²) in [7, 11) is 0. The second kappa shape index (κ2) is 4.90. The number of hydrogen-bond donors (Lipinski definition) is 1. The van der Waals surface area contributed by atoms with Gasteiger partial charge in [0.2, 0.25) is 5.56 Å². The first-order valence-electron chi connectivity index (χ1n) is 6.05. The van der Waals surface area contributed by atoms with Crippen molar-refractivity contribution in [1.82, 2.24) is 9.97 Å². The summed E-state index contributed by atoms with van der Waals surface area (Å²) < 4.78 is 0. The normalized spacial score (nSPS) is 10.3. The summed E-state index contributed by atoms with van der Waals surface area (Å²) in [6.07, 6.45) is 1.72. The Bertz CT molecular complexity index is 733. The summed E-state index contributed by atoms with van der Waals surface area (Å²) in [6, 6.07) is 19.0. The van der Waals surface area contributed by atoms with Gasteiger partial charge in [-0.2, -0.15) is 0 Å². The van der Waals surface area contributed by atoms with Crippen LogP contribution in [0.2, 0.25) is 0 Å². The van der Waals surface area contributed by atoms with Crippen molar-refractivity contribution in [2.24, 2.45) is 0 Å². The van der Waals surface area contributed by atoms with Gasteiger partial charge < -0.3 is 4.98 Å². The molecule has 1 N–H and O–H groups in total. The summed E-state index contributed by atoms with van der Waals surface area (Å²) in [5.41, 5.74) is 3.41. The summed E-state index contributed by atoms with van der Waals surface area (Å²) in [6.45, 7) is 0. The summed E-state index contributed by atoms with van der Waals surface area (Å²) in [5.74, 6) is 0. The average molecular weight is 248 g/mol. The Balaban J connectivity index is 2.24. The Hall–Kier alpha value is -2.68. The van der Waals surface area contributed by atoms with Gasteiger partial charge in [-0.1, -0.05) is 36.4 Å². The lowest BCUT2D eigenvalue weighted by molar-refractivity contribution is 1.20. The van der Waals surface area contributed by atoms with Crippen molar-refractivity contribution in [3.05, 3.63) is 77.2 Å². The summed E-state index contributed by atoms with van der Waals surface area (Å²) in [4.78, 5) is 18.7. The van der Waals surface area contributed by atoms with Crippen LogP contribution in [0.1, 0.15) is 0 Å². The molecule has 0 amide bonds. The minimum Gasteiger partial charge on any atom is -0.320 e. The standard InChI is InChI=1S/C16H12N2O/c19-15-10-9-13(12-6-2-1-3-7-12)16(18-15)14-8-4-5-11-17-14/h1-11H,(H,18,19). The van der Waals surface area contributed by atoms with Crippen LogP contribution in [-0.4, -0.2) is 9.97 Å². The first kappa shape index (κ1) is 11.4. The fourth-order valence-corrected chi connectivity index (χ4v) is 2.05. The second-order valence-corrected chi connectivity index (χ2v) is 4.19. The van der Waals surface area contributed by atoms with Crippen molar-refractivity contribution >= 4 is 0 Å². The van der Waals surface area contributed by atoms with Crippen LogP contribution in [0.5, 0.6) is 0 Å². The third kappa shape index (κ3) is 2.31. The lowest BCUT2D eigenvalue weighted by Crippen LogP contribution is -2.06. The molecule has 0 bridgehead atoms. The smallest absolute Gasteiger partial charge is 0.248 e. The topological polar surface area (TPSA) is 45.8 Å². The lowest BCUT2D eigenvalue weighted by Gasteiger charge is -2.08. The molecule has 3 heteroatoms. The molecule has 0 aliphatic heterocycles. The molecule has 0 saturated carbocycles. The molecule has 92 valence electrons. The third-order valence-electron chi connectivity index (χ3n) is 2.92.